The zero-order valence-electron chi connectivity index (χ0n) is 22.4. The number of carbonyl (C=O) groups excluding carboxylic acids is 2. The fraction of sp³-hybridized carbons (Fsp3) is 0.172. The minimum Gasteiger partial charge on any atom is -0.495 e. The molecule has 0 spiro atoms. The number of thiol groups is 1. The Labute approximate surface area is 249 Å². The van der Waals surface area contributed by atoms with Crippen molar-refractivity contribution in [3.05, 3.63) is 79.1 Å². The highest BCUT2D eigenvalue weighted by molar-refractivity contribution is 7.80. The first kappa shape index (κ1) is 29.0. The first-order chi connectivity index (χ1) is 20.4. The number of aromatic nitrogens is 3. The molecule has 5 rings (SSSR count). The molecule has 0 fully saturated rings. The number of fused-ring (bicyclic) bond motifs is 1. The number of anilines is 2. The van der Waals surface area contributed by atoms with Crippen LogP contribution in [0.1, 0.15) is 6.42 Å². The van der Waals surface area contributed by atoms with Gasteiger partial charge in [0, 0.05) is 36.0 Å². The Morgan fingerprint density at radius 2 is 1.86 bits per heavy atom. The number of amides is 2. The van der Waals surface area contributed by atoms with Gasteiger partial charge in [0.05, 0.1) is 46.5 Å². The molecule has 3 aromatic heterocycles. The molecule has 0 radical (unpaired) electrons. The van der Waals surface area contributed by atoms with E-state index in [1.165, 1.54) is 30.6 Å². The monoisotopic (exact) mass is 607 g/mol. The van der Waals surface area contributed by atoms with Gasteiger partial charge in [0.1, 0.15) is 24.7 Å². The topological polar surface area (TPSA) is 117 Å². The van der Waals surface area contributed by atoms with E-state index < -0.39 is 24.1 Å². The van der Waals surface area contributed by atoms with E-state index in [0.29, 0.717) is 41.8 Å². The summed E-state index contributed by atoms with van der Waals surface area (Å²) in [4.78, 5) is 34.5. The number of halogens is 1. The number of methoxy groups -OCH3 is 1. The van der Waals surface area contributed by atoms with Gasteiger partial charge >= 0.3 is 0 Å². The van der Waals surface area contributed by atoms with Gasteiger partial charge in [-0.15, -0.1) is 11.3 Å². The van der Waals surface area contributed by atoms with Gasteiger partial charge in [0.25, 0.3) is 0 Å². The molecule has 3 heterocycles. The maximum absolute atomic E-state index is 15.0. The molecular weight excluding hydrogens is 581 g/mol. The van der Waals surface area contributed by atoms with Crippen molar-refractivity contribution in [2.45, 2.75) is 13.2 Å². The van der Waals surface area contributed by atoms with Gasteiger partial charge in [-0.1, -0.05) is 12.1 Å². The van der Waals surface area contributed by atoms with E-state index in [-0.39, 0.29) is 11.4 Å². The lowest BCUT2D eigenvalue weighted by atomic mass is 10.2. The quantitative estimate of drug-likeness (QED) is 0.0909. The molecule has 0 bridgehead atoms. The molecule has 0 aliphatic rings. The summed E-state index contributed by atoms with van der Waals surface area (Å²) >= 11 is 5.56. The first-order valence-corrected chi connectivity index (χ1v) is 14.2. The van der Waals surface area contributed by atoms with E-state index >= 15 is 4.39 Å². The Balaban J connectivity index is 1.23. The lowest BCUT2D eigenvalue weighted by Gasteiger charge is -2.11. The number of thiophene rings is 1. The third-order valence-corrected chi connectivity index (χ3v) is 7.22. The van der Waals surface area contributed by atoms with Crippen molar-refractivity contribution in [3.63, 3.8) is 0 Å². The van der Waals surface area contributed by atoms with Crippen LogP contribution in [0.2, 0.25) is 0 Å². The lowest BCUT2D eigenvalue weighted by molar-refractivity contribution is -0.123. The third kappa shape index (κ3) is 7.05. The third-order valence-electron chi connectivity index (χ3n) is 5.88. The second kappa shape index (κ2) is 13.5. The van der Waals surface area contributed by atoms with Gasteiger partial charge in [0.15, 0.2) is 11.6 Å². The molecular formula is C29H26FN5O5S2. The summed E-state index contributed by atoms with van der Waals surface area (Å²) in [7, 11) is 1.48. The Morgan fingerprint density at radius 1 is 1.02 bits per heavy atom. The molecule has 42 heavy (non-hydrogen) atoms. The number of benzene rings is 2. The van der Waals surface area contributed by atoms with Gasteiger partial charge in [0.2, 0.25) is 11.8 Å². The van der Waals surface area contributed by atoms with Crippen molar-refractivity contribution in [3.8, 4) is 27.8 Å². The van der Waals surface area contributed by atoms with Crippen LogP contribution in [0.25, 0.3) is 20.8 Å². The SMILES string of the molecule is COc1ccccc1NC(=O)CC(=O)Nc1ccc(Oc2ccnc3cc(-c4cn(COCCS)cn4)sc23)c(F)c1. The van der Waals surface area contributed by atoms with Crippen LogP contribution in [0.15, 0.2) is 73.3 Å². The summed E-state index contributed by atoms with van der Waals surface area (Å²) in [5, 5.41) is 5.16. The molecule has 5 aromatic rings. The van der Waals surface area contributed by atoms with Crippen molar-refractivity contribution in [1.82, 2.24) is 14.5 Å². The number of nitrogens with one attached hydrogen (secondary N) is 2. The fourth-order valence-corrected chi connectivity index (χ4v) is 5.14. The maximum Gasteiger partial charge on any atom is 0.233 e. The second-order valence-electron chi connectivity index (χ2n) is 8.89. The second-order valence-corrected chi connectivity index (χ2v) is 10.4. The van der Waals surface area contributed by atoms with E-state index in [2.05, 4.69) is 33.2 Å². The van der Waals surface area contributed by atoms with Crippen molar-refractivity contribution >= 4 is 57.4 Å². The highest BCUT2D eigenvalue weighted by Crippen LogP contribution is 2.39. The van der Waals surface area contributed by atoms with Crippen LogP contribution in [-0.2, 0) is 21.1 Å². The normalized spacial score (nSPS) is 10.9. The standard InChI is InChI=1S/C29H26FN5O5S2/c1-38-24-5-3-2-4-20(24)34-28(37)14-27(36)33-18-6-7-23(19(30)12-18)40-25-8-9-31-21-13-26(42-29(21)25)22-15-35(16-32-22)17-39-10-11-41/h2-9,12-13,15-16,41H,10-11,14,17H2,1H3,(H,33,36)(H,34,37). The molecule has 13 heteroatoms. The summed E-state index contributed by atoms with van der Waals surface area (Å²) in [6.07, 6.45) is 4.68. The molecule has 0 unspecified atom stereocenters. The van der Waals surface area contributed by atoms with Crippen LogP contribution in [0, 0.1) is 5.82 Å². The zero-order valence-corrected chi connectivity index (χ0v) is 24.1. The molecule has 2 amide bonds. The molecule has 0 aliphatic carbocycles. The Bertz CT molecular complexity index is 1720. The average molecular weight is 608 g/mol. The lowest BCUT2D eigenvalue weighted by Crippen LogP contribution is -2.21. The summed E-state index contributed by atoms with van der Waals surface area (Å²) in [6, 6.07) is 14.4. The number of carbonyl (C=O) groups is 2. The van der Waals surface area contributed by atoms with Crippen LogP contribution in [-0.4, -0.2) is 45.8 Å². The van der Waals surface area contributed by atoms with Crippen molar-refractivity contribution in [2.24, 2.45) is 0 Å². The predicted octanol–water partition coefficient (Wildman–Crippen LogP) is 5.97. The van der Waals surface area contributed by atoms with Crippen LogP contribution in [0.5, 0.6) is 17.2 Å². The van der Waals surface area contributed by atoms with Gasteiger partial charge in [-0.2, -0.15) is 12.6 Å². The summed E-state index contributed by atoms with van der Waals surface area (Å²) in [6.45, 7) is 0.910. The van der Waals surface area contributed by atoms with Gasteiger partial charge in [-0.25, -0.2) is 9.37 Å². The Morgan fingerprint density at radius 3 is 2.67 bits per heavy atom. The van der Waals surface area contributed by atoms with E-state index in [1.54, 1.807) is 42.9 Å². The van der Waals surface area contributed by atoms with E-state index in [0.717, 1.165) is 21.3 Å². The van der Waals surface area contributed by atoms with Crippen LogP contribution in [0.3, 0.4) is 0 Å². The molecule has 0 saturated carbocycles. The summed E-state index contributed by atoms with van der Waals surface area (Å²) < 4.78 is 34.2. The number of ether oxygens (including phenoxy) is 3. The van der Waals surface area contributed by atoms with E-state index in [9.17, 15) is 9.59 Å². The number of pyridine rings is 1. The predicted molar refractivity (Wildman–Crippen MR) is 162 cm³/mol. The molecule has 0 aliphatic heterocycles. The van der Waals surface area contributed by atoms with Crippen molar-refractivity contribution < 1.29 is 28.2 Å². The number of para-hydroxylation sites is 2. The van der Waals surface area contributed by atoms with E-state index in [1.807, 2.05) is 16.8 Å². The maximum atomic E-state index is 15.0. The van der Waals surface area contributed by atoms with Gasteiger partial charge < -0.3 is 29.4 Å². The molecule has 0 saturated heterocycles. The smallest absolute Gasteiger partial charge is 0.233 e. The number of hydrogen-bond donors (Lipinski definition) is 3. The van der Waals surface area contributed by atoms with Crippen LogP contribution < -0.4 is 20.1 Å². The molecule has 2 aromatic carbocycles. The number of nitrogens with zero attached hydrogens (tertiary/aromatic N) is 3. The van der Waals surface area contributed by atoms with Crippen LogP contribution >= 0.6 is 24.0 Å². The van der Waals surface area contributed by atoms with Crippen molar-refractivity contribution in [1.29, 1.82) is 0 Å². The van der Waals surface area contributed by atoms with Crippen LogP contribution in [0.4, 0.5) is 15.8 Å². The Kier molecular flexibility index (Phi) is 9.31. The average Bonchev–Trinajstić information content (AvgIpc) is 3.63. The molecule has 0 atom stereocenters. The van der Waals surface area contributed by atoms with Gasteiger partial charge in [-0.3, -0.25) is 14.6 Å². The zero-order chi connectivity index (χ0) is 29.5. The summed E-state index contributed by atoms with van der Waals surface area (Å²) in [5.74, 6) is -0.333. The molecule has 2 N–H and O–H groups in total. The fourth-order valence-electron chi connectivity index (χ4n) is 3.99. The minimum absolute atomic E-state index is 0.0324. The largest absolute Gasteiger partial charge is 0.495 e. The van der Waals surface area contributed by atoms with Crippen molar-refractivity contribution in [2.75, 3.05) is 30.1 Å². The summed E-state index contributed by atoms with van der Waals surface area (Å²) in [5.41, 5.74) is 2.06. The molecule has 10 nitrogen and oxygen atoms in total. The number of imidazole rings is 1. The highest BCUT2D eigenvalue weighted by Gasteiger charge is 2.16. The van der Waals surface area contributed by atoms with E-state index in [4.69, 9.17) is 14.2 Å². The molecule has 216 valence electrons. The number of hydrogen-bond acceptors (Lipinski definition) is 9. The Hall–Kier alpha value is -4.46. The first-order valence-electron chi connectivity index (χ1n) is 12.7. The minimum atomic E-state index is -0.687. The number of rotatable bonds is 12. The van der Waals surface area contributed by atoms with Gasteiger partial charge in [-0.05, 0) is 30.3 Å². The highest BCUT2D eigenvalue weighted by atomic mass is 32.1.